The summed E-state index contributed by atoms with van der Waals surface area (Å²) in [5.74, 6) is 0. The number of pyridine rings is 2. The van der Waals surface area contributed by atoms with Crippen LogP contribution in [-0.2, 0) is 0 Å². The highest BCUT2D eigenvalue weighted by Gasteiger charge is 2.02. The van der Waals surface area contributed by atoms with Crippen LogP contribution in [0.5, 0.6) is 0 Å². The van der Waals surface area contributed by atoms with Crippen LogP contribution in [0.1, 0.15) is 0 Å². The van der Waals surface area contributed by atoms with Crippen molar-refractivity contribution in [1.29, 1.82) is 0 Å². The van der Waals surface area contributed by atoms with Crippen LogP contribution >= 0.6 is 34.2 Å². The van der Waals surface area contributed by atoms with Crippen molar-refractivity contribution in [3.63, 3.8) is 0 Å². The van der Waals surface area contributed by atoms with E-state index >= 15 is 0 Å². The fourth-order valence-electron chi connectivity index (χ4n) is 1.09. The first-order valence-electron chi connectivity index (χ1n) is 3.99. The first-order chi connectivity index (χ1) is 6.77. The summed E-state index contributed by atoms with van der Waals surface area (Å²) >= 11 is 8.07. The molecule has 0 aliphatic rings. The topological polar surface area (TPSA) is 25.8 Å². The van der Waals surface area contributed by atoms with Crippen molar-refractivity contribution in [1.82, 2.24) is 9.97 Å². The van der Waals surface area contributed by atoms with E-state index in [2.05, 4.69) is 32.6 Å². The predicted molar refractivity (Wildman–Crippen MR) is 65.2 cm³/mol. The minimum atomic E-state index is 0.679. The molecule has 70 valence electrons. The van der Waals surface area contributed by atoms with Gasteiger partial charge in [0.15, 0.2) is 0 Å². The molecule has 0 saturated carbocycles. The second-order valence-corrected chi connectivity index (χ2v) is 4.29. The minimum absolute atomic E-state index is 0.679. The Hall–Kier alpha value is -0.680. The van der Waals surface area contributed by atoms with Crippen LogP contribution < -0.4 is 0 Å². The third-order valence-electron chi connectivity index (χ3n) is 1.77. The zero-order chi connectivity index (χ0) is 9.97. The normalized spacial score (nSPS) is 10.1. The van der Waals surface area contributed by atoms with Crippen LogP contribution in [0, 0.1) is 3.57 Å². The Kier molecular flexibility index (Phi) is 2.98. The summed E-state index contributed by atoms with van der Waals surface area (Å²) in [6.07, 6.45) is 5.18. The van der Waals surface area contributed by atoms with E-state index in [9.17, 15) is 0 Å². The molecule has 0 saturated heterocycles. The number of aromatic nitrogens is 2. The quantitative estimate of drug-likeness (QED) is 0.754. The first kappa shape index (κ1) is 9.86. The second-order valence-electron chi connectivity index (χ2n) is 2.73. The molecule has 0 spiro atoms. The summed E-state index contributed by atoms with van der Waals surface area (Å²) in [7, 11) is 0. The second kappa shape index (κ2) is 4.23. The SMILES string of the molecule is Clc1cnc(-c2cccnc2)cc1I. The Labute approximate surface area is 100 Å². The van der Waals surface area contributed by atoms with Crippen molar-refractivity contribution in [2.75, 3.05) is 0 Å². The third kappa shape index (κ3) is 2.04. The molecule has 0 fully saturated rings. The van der Waals surface area contributed by atoms with Gasteiger partial charge in [-0.15, -0.1) is 0 Å². The number of halogens is 2. The van der Waals surface area contributed by atoms with E-state index < -0.39 is 0 Å². The van der Waals surface area contributed by atoms with Gasteiger partial charge in [-0.25, -0.2) is 0 Å². The van der Waals surface area contributed by atoms with Gasteiger partial charge in [0, 0.05) is 27.7 Å². The smallest absolute Gasteiger partial charge is 0.0729 e. The lowest BCUT2D eigenvalue weighted by Gasteiger charge is -2.01. The lowest BCUT2D eigenvalue weighted by atomic mass is 10.2. The van der Waals surface area contributed by atoms with Gasteiger partial charge in [0.2, 0.25) is 0 Å². The average molecular weight is 317 g/mol. The number of hydrogen-bond donors (Lipinski definition) is 0. The molecule has 2 aromatic rings. The van der Waals surface area contributed by atoms with Crippen LogP contribution in [0.25, 0.3) is 11.3 Å². The number of hydrogen-bond acceptors (Lipinski definition) is 2. The zero-order valence-corrected chi connectivity index (χ0v) is 10.0. The molecule has 0 aliphatic carbocycles. The molecule has 0 aliphatic heterocycles. The predicted octanol–water partition coefficient (Wildman–Crippen LogP) is 3.40. The van der Waals surface area contributed by atoms with Crippen molar-refractivity contribution in [2.24, 2.45) is 0 Å². The fourth-order valence-corrected chi connectivity index (χ4v) is 1.62. The van der Waals surface area contributed by atoms with Gasteiger partial charge in [0.25, 0.3) is 0 Å². The average Bonchev–Trinajstić information content (AvgIpc) is 2.23. The van der Waals surface area contributed by atoms with Crippen LogP contribution in [0.2, 0.25) is 5.02 Å². The van der Waals surface area contributed by atoms with Gasteiger partial charge in [-0.05, 0) is 40.8 Å². The van der Waals surface area contributed by atoms with Crippen LogP contribution in [0.4, 0.5) is 0 Å². The van der Waals surface area contributed by atoms with Crippen molar-refractivity contribution in [2.45, 2.75) is 0 Å². The monoisotopic (exact) mass is 316 g/mol. The van der Waals surface area contributed by atoms with Crippen LogP contribution in [0.15, 0.2) is 36.8 Å². The lowest BCUT2D eigenvalue weighted by molar-refractivity contribution is 1.27. The van der Waals surface area contributed by atoms with Gasteiger partial charge in [-0.1, -0.05) is 11.6 Å². The first-order valence-corrected chi connectivity index (χ1v) is 5.44. The Morgan fingerprint density at radius 1 is 1.29 bits per heavy atom. The number of rotatable bonds is 1. The van der Waals surface area contributed by atoms with Crippen molar-refractivity contribution in [3.05, 3.63) is 45.4 Å². The van der Waals surface area contributed by atoms with Crippen molar-refractivity contribution < 1.29 is 0 Å². The molecule has 0 amide bonds. The maximum absolute atomic E-state index is 5.88. The third-order valence-corrected chi connectivity index (χ3v) is 3.28. The van der Waals surface area contributed by atoms with E-state index in [4.69, 9.17) is 11.6 Å². The minimum Gasteiger partial charge on any atom is -0.264 e. The standard InChI is InChI=1S/C10H6ClIN2/c11-8-6-14-10(4-9(8)12)7-2-1-3-13-5-7/h1-6H. The number of nitrogens with zero attached hydrogens (tertiary/aromatic N) is 2. The van der Waals surface area contributed by atoms with E-state index in [-0.39, 0.29) is 0 Å². The van der Waals surface area contributed by atoms with Crippen LogP contribution in [-0.4, -0.2) is 9.97 Å². The summed E-state index contributed by atoms with van der Waals surface area (Å²) < 4.78 is 0.998. The van der Waals surface area contributed by atoms with E-state index in [0.29, 0.717) is 5.02 Å². The molecule has 0 atom stereocenters. The molecule has 2 nitrogen and oxygen atoms in total. The highest BCUT2D eigenvalue weighted by atomic mass is 127. The molecule has 14 heavy (non-hydrogen) atoms. The molecule has 0 N–H and O–H groups in total. The molecule has 0 radical (unpaired) electrons. The molecular weight excluding hydrogens is 310 g/mol. The highest BCUT2D eigenvalue weighted by molar-refractivity contribution is 14.1. The van der Waals surface area contributed by atoms with Crippen molar-refractivity contribution in [3.8, 4) is 11.3 Å². The largest absolute Gasteiger partial charge is 0.264 e. The summed E-state index contributed by atoms with van der Waals surface area (Å²) in [6, 6.07) is 5.80. The maximum atomic E-state index is 5.88. The highest BCUT2D eigenvalue weighted by Crippen LogP contribution is 2.22. The van der Waals surface area contributed by atoms with Gasteiger partial charge < -0.3 is 0 Å². The van der Waals surface area contributed by atoms with E-state index in [1.807, 2.05) is 18.2 Å². The summed E-state index contributed by atoms with van der Waals surface area (Å²) in [6.45, 7) is 0. The zero-order valence-electron chi connectivity index (χ0n) is 7.11. The fraction of sp³-hybridized carbons (Fsp3) is 0. The van der Waals surface area contributed by atoms with E-state index in [0.717, 1.165) is 14.8 Å². The van der Waals surface area contributed by atoms with Gasteiger partial charge in [-0.3, -0.25) is 9.97 Å². The molecule has 2 aromatic heterocycles. The molecule has 2 heterocycles. The summed E-state index contributed by atoms with van der Waals surface area (Å²) in [5, 5.41) is 0.679. The van der Waals surface area contributed by atoms with Gasteiger partial charge in [-0.2, -0.15) is 0 Å². The van der Waals surface area contributed by atoms with Gasteiger partial charge in [0.1, 0.15) is 0 Å². The van der Waals surface area contributed by atoms with Gasteiger partial charge in [0.05, 0.1) is 10.7 Å². The van der Waals surface area contributed by atoms with E-state index in [1.54, 1.807) is 18.6 Å². The Balaban J connectivity index is 2.48. The summed E-state index contributed by atoms with van der Waals surface area (Å²) in [4.78, 5) is 8.27. The van der Waals surface area contributed by atoms with E-state index in [1.165, 1.54) is 0 Å². The summed E-state index contributed by atoms with van der Waals surface area (Å²) in [5.41, 5.74) is 1.90. The Morgan fingerprint density at radius 3 is 2.79 bits per heavy atom. The molecule has 0 unspecified atom stereocenters. The molecule has 2 rings (SSSR count). The van der Waals surface area contributed by atoms with Crippen molar-refractivity contribution >= 4 is 34.2 Å². The Bertz CT molecular complexity index is 445. The molecule has 4 heteroatoms. The Morgan fingerprint density at radius 2 is 2.14 bits per heavy atom. The van der Waals surface area contributed by atoms with Gasteiger partial charge >= 0.3 is 0 Å². The van der Waals surface area contributed by atoms with Crippen LogP contribution in [0.3, 0.4) is 0 Å². The molecule has 0 aromatic carbocycles. The lowest BCUT2D eigenvalue weighted by Crippen LogP contribution is -1.86. The molecular formula is C10H6ClIN2. The molecule has 0 bridgehead atoms. The maximum Gasteiger partial charge on any atom is 0.0729 e.